The molecule has 0 bridgehead atoms. The van der Waals surface area contributed by atoms with Crippen LogP contribution in [0.5, 0.6) is 0 Å². The second-order valence-electron chi connectivity index (χ2n) is 4.66. The zero-order valence-corrected chi connectivity index (χ0v) is 10.7. The van der Waals surface area contributed by atoms with E-state index in [1.807, 2.05) is 26.0 Å². The number of aromatic nitrogens is 6. The summed E-state index contributed by atoms with van der Waals surface area (Å²) >= 11 is 0. The molecule has 0 spiro atoms. The molecule has 0 saturated carbocycles. The van der Waals surface area contributed by atoms with Crippen molar-refractivity contribution in [2.24, 2.45) is 0 Å². The third-order valence-corrected chi connectivity index (χ3v) is 3.46. The van der Waals surface area contributed by atoms with E-state index in [-0.39, 0.29) is 0 Å². The van der Waals surface area contributed by atoms with Crippen LogP contribution in [-0.2, 0) is 6.42 Å². The fraction of sp³-hybridized carbons (Fsp3) is 0.231. The quantitative estimate of drug-likeness (QED) is 0.474. The Morgan fingerprint density at radius 1 is 0.789 bits per heavy atom. The molecular weight excluding hydrogens is 240 g/mol. The zero-order chi connectivity index (χ0) is 13.0. The standard InChI is InChI=1S/C13H12N6/c1-8-14-16-12-7-13-17-15-9(2)19(13)11-6-4-3-5-10(11)18(8)12/h3-6H,7H2,1-2H3. The second-order valence-corrected chi connectivity index (χ2v) is 4.66. The summed E-state index contributed by atoms with van der Waals surface area (Å²) in [5, 5.41) is 16.9. The van der Waals surface area contributed by atoms with E-state index in [9.17, 15) is 0 Å². The summed E-state index contributed by atoms with van der Waals surface area (Å²) in [4.78, 5) is 0. The molecule has 94 valence electrons. The third-order valence-electron chi connectivity index (χ3n) is 3.46. The predicted octanol–water partition coefficient (Wildman–Crippen LogP) is 1.37. The minimum Gasteiger partial charge on any atom is -0.281 e. The van der Waals surface area contributed by atoms with Gasteiger partial charge >= 0.3 is 0 Å². The number of aryl methyl sites for hydroxylation is 2. The highest BCUT2D eigenvalue weighted by molar-refractivity contribution is 5.55. The molecule has 1 aliphatic rings. The van der Waals surface area contributed by atoms with Gasteiger partial charge in [0.05, 0.1) is 17.8 Å². The first-order valence-corrected chi connectivity index (χ1v) is 6.17. The molecule has 1 aromatic carbocycles. The van der Waals surface area contributed by atoms with Crippen molar-refractivity contribution in [1.82, 2.24) is 29.5 Å². The molecule has 0 aliphatic carbocycles. The number of benzene rings is 1. The highest BCUT2D eigenvalue weighted by Crippen LogP contribution is 2.27. The first-order chi connectivity index (χ1) is 9.25. The van der Waals surface area contributed by atoms with Gasteiger partial charge in [0.15, 0.2) is 0 Å². The summed E-state index contributed by atoms with van der Waals surface area (Å²) in [6.45, 7) is 3.93. The van der Waals surface area contributed by atoms with Crippen molar-refractivity contribution < 1.29 is 0 Å². The summed E-state index contributed by atoms with van der Waals surface area (Å²) in [6.07, 6.45) is 0.635. The topological polar surface area (TPSA) is 61.4 Å². The average Bonchev–Trinajstić information content (AvgIpc) is 2.90. The Morgan fingerprint density at radius 2 is 1.26 bits per heavy atom. The molecule has 4 rings (SSSR count). The van der Waals surface area contributed by atoms with E-state index in [1.165, 1.54) is 0 Å². The van der Waals surface area contributed by atoms with Crippen LogP contribution in [0.3, 0.4) is 0 Å². The molecule has 0 unspecified atom stereocenters. The van der Waals surface area contributed by atoms with Gasteiger partial charge in [0.2, 0.25) is 0 Å². The number of nitrogens with zero attached hydrogens (tertiary/aromatic N) is 6. The molecule has 3 heterocycles. The minimum atomic E-state index is 0.635. The van der Waals surface area contributed by atoms with E-state index in [4.69, 9.17) is 0 Å². The molecule has 0 amide bonds. The lowest BCUT2D eigenvalue weighted by molar-refractivity contribution is 0.852. The normalized spacial score (nSPS) is 12.5. The van der Waals surface area contributed by atoms with Gasteiger partial charge in [-0.2, -0.15) is 0 Å². The predicted molar refractivity (Wildman–Crippen MR) is 68.6 cm³/mol. The zero-order valence-electron chi connectivity index (χ0n) is 10.7. The molecular formula is C13H12N6. The van der Waals surface area contributed by atoms with Crippen LogP contribution in [-0.4, -0.2) is 29.5 Å². The van der Waals surface area contributed by atoms with Gasteiger partial charge in [0, 0.05) is 0 Å². The van der Waals surface area contributed by atoms with Crippen molar-refractivity contribution in [3.05, 3.63) is 47.6 Å². The molecule has 3 aromatic rings. The number of hydrogen-bond acceptors (Lipinski definition) is 4. The molecule has 2 aromatic heterocycles. The lowest BCUT2D eigenvalue weighted by Crippen LogP contribution is -2.04. The Hall–Kier alpha value is -2.50. The summed E-state index contributed by atoms with van der Waals surface area (Å²) < 4.78 is 4.17. The lowest BCUT2D eigenvalue weighted by atomic mass is 10.2. The van der Waals surface area contributed by atoms with Gasteiger partial charge in [-0.1, -0.05) is 12.1 Å². The van der Waals surface area contributed by atoms with Crippen molar-refractivity contribution in [3.8, 4) is 11.4 Å². The molecule has 19 heavy (non-hydrogen) atoms. The van der Waals surface area contributed by atoms with Gasteiger partial charge in [0.1, 0.15) is 23.3 Å². The Kier molecular flexibility index (Phi) is 1.92. The number of para-hydroxylation sites is 2. The van der Waals surface area contributed by atoms with Crippen molar-refractivity contribution in [2.75, 3.05) is 0 Å². The average molecular weight is 252 g/mol. The van der Waals surface area contributed by atoms with E-state index < -0.39 is 0 Å². The van der Waals surface area contributed by atoms with Gasteiger partial charge in [-0.3, -0.25) is 9.13 Å². The Morgan fingerprint density at radius 3 is 1.74 bits per heavy atom. The Balaban J connectivity index is 2.15. The van der Waals surface area contributed by atoms with Gasteiger partial charge < -0.3 is 0 Å². The van der Waals surface area contributed by atoms with E-state index in [0.717, 1.165) is 34.7 Å². The van der Waals surface area contributed by atoms with Crippen LogP contribution in [0.15, 0.2) is 24.3 Å². The van der Waals surface area contributed by atoms with E-state index in [0.29, 0.717) is 6.42 Å². The molecule has 0 radical (unpaired) electrons. The fourth-order valence-electron chi connectivity index (χ4n) is 2.65. The monoisotopic (exact) mass is 252 g/mol. The summed E-state index contributed by atoms with van der Waals surface area (Å²) in [6, 6.07) is 8.19. The number of hydrogen-bond donors (Lipinski definition) is 0. The SMILES string of the molecule is Cc1nnc2n1-c1ccccc1-n1c(C)nnc1C2. The maximum Gasteiger partial charge on any atom is 0.145 e. The van der Waals surface area contributed by atoms with Crippen molar-refractivity contribution in [2.45, 2.75) is 20.3 Å². The first-order valence-electron chi connectivity index (χ1n) is 6.17. The van der Waals surface area contributed by atoms with Crippen molar-refractivity contribution in [1.29, 1.82) is 0 Å². The summed E-state index contributed by atoms with van der Waals surface area (Å²) in [5.74, 6) is 3.57. The third kappa shape index (κ3) is 1.31. The highest BCUT2D eigenvalue weighted by Gasteiger charge is 2.23. The maximum atomic E-state index is 4.26. The lowest BCUT2D eigenvalue weighted by Gasteiger charge is -2.11. The minimum absolute atomic E-state index is 0.635. The van der Waals surface area contributed by atoms with Crippen LogP contribution in [0, 0.1) is 13.8 Å². The van der Waals surface area contributed by atoms with Gasteiger partial charge in [0.25, 0.3) is 0 Å². The molecule has 0 atom stereocenters. The van der Waals surface area contributed by atoms with Crippen LogP contribution >= 0.6 is 0 Å². The van der Waals surface area contributed by atoms with Crippen LogP contribution in [0.1, 0.15) is 23.3 Å². The maximum absolute atomic E-state index is 4.26. The highest BCUT2D eigenvalue weighted by atomic mass is 15.3. The number of rotatable bonds is 0. The van der Waals surface area contributed by atoms with E-state index >= 15 is 0 Å². The fourth-order valence-corrected chi connectivity index (χ4v) is 2.65. The second kappa shape index (κ2) is 3.50. The van der Waals surface area contributed by atoms with Crippen molar-refractivity contribution in [3.63, 3.8) is 0 Å². The summed E-state index contributed by atoms with van der Waals surface area (Å²) in [5.41, 5.74) is 2.14. The van der Waals surface area contributed by atoms with Crippen LogP contribution in [0.2, 0.25) is 0 Å². The van der Waals surface area contributed by atoms with Gasteiger partial charge in [-0.25, -0.2) is 0 Å². The molecule has 0 saturated heterocycles. The molecule has 1 aliphatic heterocycles. The smallest absolute Gasteiger partial charge is 0.145 e. The van der Waals surface area contributed by atoms with E-state index in [1.54, 1.807) is 0 Å². The first kappa shape index (κ1) is 10.4. The van der Waals surface area contributed by atoms with Crippen LogP contribution in [0.25, 0.3) is 11.4 Å². The molecule has 0 fully saturated rings. The molecule has 6 nitrogen and oxygen atoms in total. The Bertz CT molecular complexity index is 717. The van der Waals surface area contributed by atoms with Gasteiger partial charge in [-0.05, 0) is 26.0 Å². The largest absolute Gasteiger partial charge is 0.281 e. The van der Waals surface area contributed by atoms with E-state index in [2.05, 4.69) is 41.7 Å². The van der Waals surface area contributed by atoms with Gasteiger partial charge in [-0.15, -0.1) is 20.4 Å². The molecule has 6 heteroatoms. The van der Waals surface area contributed by atoms with Crippen LogP contribution in [0.4, 0.5) is 0 Å². The number of fused-ring (bicyclic) bond motifs is 5. The molecule has 0 N–H and O–H groups in total. The van der Waals surface area contributed by atoms with Crippen molar-refractivity contribution >= 4 is 0 Å². The summed E-state index contributed by atoms with van der Waals surface area (Å²) in [7, 11) is 0. The van der Waals surface area contributed by atoms with Crippen LogP contribution < -0.4 is 0 Å². The Labute approximate surface area is 109 Å².